The van der Waals surface area contributed by atoms with Crippen LogP contribution in [-0.4, -0.2) is 4.98 Å². The molecule has 0 saturated heterocycles. The Kier molecular flexibility index (Phi) is 3.01. The summed E-state index contributed by atoms with van der Waals surface area (Å²) >= 11 is 8.58. The van der Waals surface area contributed by atoms with Crippen molar-refractivity contribution in [2.24, 2.45) is 0 Å². The second-order valence-corrected chi connectivity index (χ2v) is 3.39. The number of pyridine rings is 1. The van der Waals surface area contributed by atoms with Crippen LogP contribution < -0.4 is 0 Å². The van der Waals surface area contributed by atoms with Crippen LogP contribution in [-0.2, 0) is 0 Å². The molecule has 1 heterocycles. The Hall–Kier alpha value is -0.220. The highest BCUT2D eigenvalue weighted by Crippen LogP contribution is 2.32. The molecular weight excluding hydrogens is 251 g/mol. The summed E-state index contributed by atoms with van der Waals surface area (Å²) in [4.78, 5) is 3.77. The first-order valence-corrected chi connectivity index (χ1v) is 4.29. The average Bonchev–Trinajstić information content (AvgIpc) is 1.97. The molecule has 0 aliphatic carbocycles. The molecule has 1 aromatic heterocycles. The Morgan fingerprint density at radius 2 is 2.17 bits per heavy atom. The van der Waals surface area contributed by atoms with Crippen LogP contribution in [0, 0.1) is 6.92 Å². The fourth-order valence-electron chi connectivity index (χ4n) is 0.838. The van der Waals surface area contributed by atoms with Gasteiger partial charge in [0, 0.05) is 11.8 Å². The molecule has 0 saturated carbocycles. The van der Waals surface area contributed by atoms with Gasteiger partial charge < -0.3 is 0 Å². The Morgan fingerprint density at radius 3 is 2.58 bits per heavy atom. The van der Waals surface area contributed by atoms with E-state index in [0.29, 0.717) is 10.2 Å². The van der Waals surface area contributed by atoms with Gasteiger partial charge in [0.2, 0.25) is 0 Å². The second kappa shape index (κ2) is 3.66. The molecule has 0 N–H and O–H groups in total. The van der Waals surface area contributed by atoms with E-state index in [2.05, 4.69) is 20.9 Å². The maximum Gasteiger partial charge on any atom is 0.265 e. The molecule has 0 radical (unpaired) electrons. The normalized spacial score (nSPS) is 10.8. The molecule has 66 valence electrons. The Balaban J connectivity index is 3.33. The lowest BCUT2D eigenvalue weighted by molar-refractivity contribution is 0.150. The van der Waals surface area contributed by atoms with E-state index < -0.39 is 6.43 Å². The van der Waals surface area contributed by atoms with E-state index in [1.165, 1.54) is 6.20 Å². The van der Waals surface area contributed by atoms with Gasteiger partial charge in [-0.2, -0.15) is 0 Å². The number of aromatic nitrogens is 1. The van der Waals surface area contributed by atoms with Gasteiger partial charge in [-0.1, -0.05) is 11.6 Å². The Bertz CT molecular complexity index is 304. The summed E-state index contributed by atoms with van der Waals surface area (Å²) in [6, 6.07) is 0. The third-order valence-corrected chi connectivity index (χ3v) is 2.58. The summed E-state index contributed by atoms with van der Waals surface area (Å²) in [5, 5.41) is 0.00528. The topological polar surface area (TPSA) is 12.9 Å². The molecule has 0 bridgehead atoms. The highest BCUT2D eigenvalue weighted by atomic mass is 79.9. The zero-order chi connectivity index (χ0) is 9.30. The summed E-state index contributed by atoms with van der Waals surface area (Å²) < 4.78 is 25.1. The van der Waals surface area contributed by atoms with Gasteiger partial charge in [0.25, 0.3) is 6.43 Å². The van der Waals surface area contributed by atoms with Crippen LogP contribution in [0.1, 0.15) is 17.6 Å². The van der Waals surface area contributed by atoms with E-state index in [9.17, 15) is 8.78 Å². The van der Waals surface area contributed by atoms with Gasteiger partial charge in [0.1, 0.15) is 4.60 Å². The third-order valence-electron chi connectivity index (χ3n) is 1.48. The second-order valence-electron chi connectivity index (χ2n) is 2.24. The first-order chi connectivity index (χ1) is 5.54. The number of hydrogen-bond donors (Lipinski definition) is 0. The Labute approximate surface area is 81.9 Å². The SMILES string of the molecule is Cc1c(Br)ncc(Cl)c1C(F)F. The van der Waals surface area contributed by atoms with Crippen LogP contribution >= 0.6 is 27.5 Å². The smallest absolute Gasteiger partial charge is 0.248 e. The maximum absolute atomic E-state index is 12.3. The van der Waals surface area contributed by atoms with Crippen LogP contribution in [0.3, 0.4) is 0 Å². The van der Waals surface area contributed by atoms with Crippen molar-refractivity contribution >= 4 is 27.5 Å². The van der Waals surface area contributed by atoms with Crippen molar-refractivity contribution in [1.29, 1.82) is 0 Å². The molecule has 0 atom stereocenters. The Morgan fingerprint density at radius 1 is 1.58 bits per heavy atom. The summed E-state index contributed by atoms with van der Waals surface area (Å²) in [6.45, 7) is 1.55. The van der Waals surface area contributed by atoms with Gasteiger partial charge in [-0.05, 0) is 28.4 Å². The molecule has 0 fully saturated rings. The van der Waals surface area contributed by atoms with Crippen molar-refractivity contribution in [2.45, 2.75) is 13.3 Å². The van der Waals surface area contributed by atoms with Crippen LogP contribution in [0.2, 0.25) is 5.02 Å². The predicted octanol–water partition coefficient (Wildman–Crippen LogP) is 3.74. The molecule has 12 heavy (non-hydrogen) atoms. The first kappa shape index (κ1) is 9.86. The van der Waals surface area contributed by atoms with Gasteiger partial charge in [0.05, 0.1) is 5.02 Å². The number of alkyl halides is 2. The summed E-state index contributed by atoms with van der Waals surface area (Å²) in [5.41, 5.74) is 0.232. The van der Waals surface area contributed by atoms with Gasteiger partial charge >= 0.3 is 0 Å². The van der Waals surface area contributed by atoms with Crippen LogP contribution in [0.25, 0.3) is 0 Å². The monoisotopic (exact) mass is 255 g/mol. The van der Waals surface area contributed by atoms with Gasteiger partial charge in [-0.25, -0.2) is 13.8 Å². The molecule has 0 aliphatic heterocycles. The molecule has 0 spiro atoms. The van der Waals surface area contributed by atoms with E-state index in [0.717, 1.165) is 0 Å². The highest BCUT2D eigenvalue weighted by Gasteiger charge is 2.17. The molecule has 5 heteroatoms. The van der Waals surface area contributed by atoms with E-state index >= 15 is 0 Å². The van der Waals surface area contributed by atoms with Crippen molar-refractivity contribution in [1.82, 2.24) is 4.98 Å². The minimum atomic E-state index is -2.56. The minimum Gasteiger partial charge on any atom is -0.248 e. The molecule has 1 aromatic rings. The van der Waals surface area contributed by atoms with Gasteiger partial charge in [0.15, 0.2) is 0 Å². The van der Waals surface area contributed by atoms with Crippen LogP contribution in [0.5, 0.6) is 0 Å². The third kappa shape index (κ3) is 1.75. The van der Waals surface area contributed by atoms with E-state index in [1.807, 2.05) is 0 Å². The molecule has 1 rings (SSSR count). The standard InChI is InChI=1S/C7H5BrClF2N/c1-3-5(7(10)11)4(9)2-12-6(3)8/h2,7H,1H3. The fourth-order valence-corrected chi connectivity index (χ4v) is 1.43. The lowest BCUT2D eigenvalue weighted by atomic mass is 10.2. The van der Waals surface area contributed by atoms with E-state index in [4.69, 9.17) is 11.6 Å². The molecule has 0 aliphatic rings. The first-order valence-electron chi connectivity index (χ1n) is 3.12. The van der Waals surface area contributed by atoms with Crippen molar-refractivity contribution in [3.8, 4) is 0 Å². The average molecular weight is 256 g/mol. The fraction of sp³-hybridized carbons (Fsp3) is 0.286. The minimum absolute atomic E-state index is 0.00528. The highest BCUT2D eigenvalue weighted by molar-refractivity contribution is 9.10. The molecule has 0 aromatic carbocycles. The van der Waals surface area contributed by atoms with Gasteiger partial charge in [-0.3, -0.25) is 0 Å². The molecule has 0 unspecified atom stereocenters. The number of halogens is 4. The van der Waals surface area contributed by atoms with Crippen molar-refractivity contribution in [2.75, 3.05) is 0 Å². The van der Waals surface area contributed by atoms with Crippen LogP contribution in [0.15, 0.2) is 10.8 Å². The maximum atomic E-state index is 12.3. The molecule has 0 amide bonds. The summed E-state index contributed by atoms with van der Waals surface area (Å²) in [6.07, 6.45) is -1.35. The zero-order valence-electron chi connectivity index (χ0n) is 6.11. The lowest BCUT2D eigenvalue weighted by Gasteiger charge is -2.07. The summed E-state index contributed by atoms with van der Waals surface area (Å²) in [7, 11) is 0. The summed E-state index contributed by atoms with van der Waals surface area (Å²) in [5.74, 6) is 0. The van der Waals surface area contributed by atoms with Crippen molar-refractivity contribution in [3.05, 3.63) is 26.9 Å². The van der Waals surface area contributed by atoms with Crippen LogP contribution in [0.4, 0.5) is 8.78 Å². The predicted molar refractivity (Wildman–Crippen MR) is 46.6 cm³/mol. The molecular formula is C7H5BrClF2N. The quantitative estimate of drug-likeness (QED) is 0.698. The number of nitrogens with zero attached hydrogens (tertiary/aromatic N) is 1. The lowest BCUT2D eigenvalue weighted by Crippen LogP contribution is -1.94. The van der Waals surface area contributed by atoms with E-state index in [1.54, 1.807) is 6.92 Å². The largest absolute Gasteiger partial charge is 0.265 e. The zero-order valence-corrected chi connectivity index (χ0v) is 8.46. The van der Waals surface area contributed by atoms with Gasteiger partial charge in [-0.15, -0.1) is 0 Å². The van der Waals surface area contributed by atoms with E-state index in [-0.39, 0.29) is 10.6 Å². The number of rotatable bonds is 1. The molecule has 1 nitrogen and oxygen atoms in total. The number of hydrogen-bond acceptors (Lipinski definition) is 1. The van der Waals surface area contributed by atoms with Crippen molar-refractivity contribution < 1.29 is 8.78 Å². The van der Waals surface area contributed by atoms with Crippen molar-refractivity contribution in [3.63, 3.8) is 0 Å².